The van der Waals surface area contributed by atoms with E-state index in [9.17, 15) is 13.2 Å². The fourth-order valence-corrected chi connectivity index (χ4v) is 4.18. The Morgan fingerprint density at radius 2 is 1.71 bits per heavy atom. The van der Waals surface area contributed by atoms with Crippen molar-refractivity contribution in [2.75, 3.05) is 19.6 Å². The Balaban J connectivity index is 1.94. The number of hydrogen-bond donors (Lipinski definition) is 1. The highest BCUT2D eigenvalue weighted by Gasteiger charge is 2.32. The summed E-state index contributed by atoms with van der Waals surface area (Å²) in [5.41, 5.74) is 1.08. The number of piperidine rings is 1. The second kappa shape index (κ2) is 7.23. The minimum Gasteiger partial charge on any atom is -0.355 e. The van der Waals surface area contributed by atoms with Crippen LogP contribution < -0.4 is 5.32 Å². The average molecular weight is 353 g/mol. The summed E-state index contributed by atoms with van der Waals surface area (Å²) < 4.78 is 26.8. The third-order valence-electron chi connectivity index (χ3n) is 4.28. The van der Waals surface area contributed by atoms with Crippen molar-refractivity contribution in [1.82, 2.24) is 9.62 Å². The number of sulfonamides is 1. The van der Waals surface area contributed by atoms with E-state index in [0.717, 1.165) is 5.56 Å². The molecule has 134 valence electrons. The van der Waals surface area contributed by atoms with Crippen LogP contribution in [0.3, 0.4) is 0 Å². The molecule has 24 heavy (non-hydrogen) atoms. The van der Waals surface area contributed by atoms with Gasteiger partial charge in [-0.1, -0.05) is 38.5 Å². The zero-order chi connectivity index (χ0) is 18.0. The van der Waals surface area contributed by atoms with Crippen LogP contribution in [0.1, 0.15) is 39.2 Å². The van der Waals surface area contributed by atoms with Gasteiger partial charge in [0.15, 0.2) is 0 Å². The average Bonchev–Trinajstić information content (AvgIpc) is 2.52. The van der Waals surface area contributed by atoms with E-state index in [1.807, 2.05) is 6.92 Å². The standard InChI is InChI=1S/C18H28N2O3S/c1-14-5-7-16(8-6-14)24(22,23)20-11-9-15(10-12-20)17(21)19-13-18(2,3)4/h5-8,15H,9-13H2,1-4H3,(H,19,21). The van der Waals surface area contributed by atoms with Gasteiger partial charge in [-0.3, -0.25) is 4.79 Å². The fourth-order valence-electron chi connectivity index (χ4n) is 2.71. The molecule has 1 aliphatic heterocycles. The van der Waals surface area contributed by atoms with Gasteiger partial charge in [-0.05, 0) is 37.3 Å². The molecule has 1 N–H and O–H groups in total. The van der Waals surface area contributed by atoms with E-state index in [1.54, 1.807) is 24.3 Å². The lowest BCUT2D eigenvalue weighted by Gasteiger charge is -2.31. The predicted octanol–water partition coefficient (Wildman–Crippen LogP) is 2.56. The third kappa shape index (κ3) is 4.80. The quantitative estimate of drug-likeness (QED) is 0.905. The number of aryl methyl sites for hydroxylation is 1. The van der Waals surface area contributed by atoms with Gasteiger partial charge in [-0.2, -0.15) is 4.31 Å². The number of nitrogens with zero attached hydrogens (tertiary/aromatic N) is 1. The number of carbonyl (C=O) groups excluding carboxylic acids is 1. The van der Waals surface area contributed by atoms with Crippen molar-refractivity contribution in [2.24, 2.45) is 11.3 Å². The van der Waals surface area contributed by atoms with Crippen LogP contribution >= 0.6 is 0 Å². The summed E-state index contributed by atoms with van der Waals surface area (Å²) >= 11 is 0. The van der Waals surface area contributed by atoms with Crippen molar-refractivity contribution in [1.29, 1.82) is 0 Å². The summed E-state index contributed by atoms with van der Waals surface area (Å²) in [6.07, 6.45) is 1.14. The highest BCUT2D eigenvalue weighted by atomic mass is 32.2. The van der Waals surface area contributed by atoms with Gasteiger partial charge in [0.1, 0.15) is 0 Å². The van der Waals surface area contributed by atoms with E-state index < -0.39 is 10.0 Å². The maximum absolute atomic E-state index is 12.7. The van der Waals surface area contributed by atoms with Gasteiger partial charge in [0.05, 0.1) is 4.90 Å². The summed E-state index contributed by atoms with van der Waals surface area (Å²) in [5.74, 6) is -0.0610. The molecule has 0 atom stereocenters. The fraction of sp³-hybridized carbons (Fsp3) is 0.611. The zero-order valence-corrected chi connectivity index (χ0v) is 15.8. The summed E-state index contributed by atoms with van der Waals surface area (Å²) in [6, 6.07) is 6.90. The molecule has 0 bridgehead atoms. The van der Waals surface area contributed by atoms with Gasteiger partial charge in [0.2, 0.25) is 15.9 Å². The van der Waals surface area contributed by atoms with Crippen LogP contribution in [0.5, 0.6) is 0 Å². The molecule has 6 heteroatoms. The number of benzene rings is 1. The molecule has 1 aromatic rings. The molecule has 1 aliphatic rings. The smallest absolute Gasteiger partial charge is 0.243 e. The Labute approximate surface area is 145 Å². The first kappa shape index (κ1) is 18.9. The molecular formula is C18H28N2O3S. The first-order valence-electron chi connectivity index (χ1n) is 8.44. The van der Waals surface area contributed by atoms with Crippen LogP contribution in [0.4, 0.5) is 0 Å². The van der Waals surface area contributed by atoms with Crippen LogP contribution in [0.25, 0.3) is 0 Å². The Bertz CT molecular complexity index is 667. The van der Waals surface area contributed by atoms with Crippen molar-refractivity contribution in [2.45, 2.75) is 45.4 Å². The van der Waals surface area contributed by atoms with Gasteiger partial charge in [-0.25, -0.2) is 8.42 Å². The van der Waals surface area contributed by atoms with E-state index in [4.69, 9.17) is 0 Å². The normalized spacial score (nSPS) is 17.7. The Hall–Kier alpha value is -1.40. The summed E-state index contributed by atoms with van der Waals surface area (Å²) in [7, 11) is -3.46. The van der Waals surface area contributed by atoms with Crippen molar-refractivity contribution < 1.29 is 13.2 Å². The molecule has 1 amide bonds. The molecule has 1 aromatic carbocycles. The summed E-state index contributed by atoms with van der Waals surface area (Å²) in [6.45, 7) is 9.57. The van der Waals surface area contributed by atoms with Crippen molar-refractivity contribution >= 4 is 15.9 Å². The molecule has 1 heterocycles. The van der Waals surface area contributed by atoms with E-state index in [1.165, 1.54) is 4.31 Å². The monoisotopic (exact) mass is 352 g/mol. The SMILES string of the molecule is Cc1ccc(S(=O)(=O)N2CCC(C(=O)NCC(C)(C)C)CC2)cc1. The van der Waals surface area contributed by atoms with E-state index in [0.29, 0.717) is 37.4 Å². The molecule has 1 fully saturated rings. The minimum atomic E-state index is -3.46. The van der Waals surface area contributed by atoms with E-state index >= 15 is 0 Å². The molecule has 0 aliphatic carbocycles. The lowest BCUT2D eigenvalue weighted by molar-refractivity contribution is -0.126. The van der Waals surface area contributed by atoms with Crippen LogP contribution in [0.2, 0.25) is 0 Å². The van der Waals surface area contributed by atoms with Gasteiger partial charge in [-0.15, -0.1) is 0 Å². The van der Waals surface area contributed by atoms with E-state index in [2.05, 4.69) is 26.1 Å². The second-order valence-electron chi connectivity index (χ2n) is 7.77. The Kier molecular flexibility index (Phi) is 5.71. The summed E-state index contributed by atoms with van der Waals surface area (Å²) in [4.78, 5) is 12.6. The second-order valence-corrected chi connectivity index (χ2v) is 9.71. The van der Waals surface area contributed by atoms with Crippen molar-refractivity contribution in [3.05, 3.63) is 29.8 Å². The van der Waals surface area contributed by atoms with Crippen LogP contribution in [-0.4, -0.2) is 38.3 Å². The number of amides is 1. The predicted molar refractivity (Wildman–Crippen MR) is 95.1 cm³/mol. The first-order valence-corrected chi connectivity index (χ1v) is 9.88. The van der Waals surface area contributed by atoms with Crippen LogP contribution in [-0.2, 0) is 14.8 Å². The highest BCUT2D eigenvalue weighted by molar-refractivity contribution is 7.89. The van der Waals surface area contributed by atoms with Gasteiger partial charge in [0.25, 0.3) is 0 Å². The van der Waals surface area contributed by atoms with Crippen molar-refractivity contribution in [3.63, 3.8) is 0 Å². The Morgan fingerprint density at radius 1 is 1.17 bits per heavy atom. The molecule has 2 rings (SSSR count). The van der Waals surface area contributed by atoms with Crippen LogP contribution in [0.15, 0.2) is 29.2 Å². The molecule has 0 aromatic heterocycles. The highest BCUT2D eigenvalue weighted by Crippen LogP contribution is 2.24. The number of hydrogen-bond acceptors (Lipinski definition) is 3. The van der Waals surface area contributed by atoms with Crippen LogP contribution in [0, 0.1) is 18.3 Å². The number of carbonyl (C=O) groups is 1. The molecule has 1 saturated heterocycles. The maximum Gasteiger partial charge on any atom is 0.243 e. The third-order valence-corrected chi connectivity index (χ3v) is 6.19. The molecule has 0 saturated carbocycles. The zero-order valence-electron chi connectivity index (χ0n) is 15.0. The topological polar surface area (TPSA) is 66.5 Å². The number of nitrogens with one attached hydrogen (secondary N) is 1. The first-order chi connectivity index (χ1) is 11.1. The Morgan fingerprint density at radius 3 is 2.21 bits per heavy atom. The molecule has 0 spiro atoms. The summed E-state index contributed by atoms with van der Waals surface area (Å²) in [5, 5.41) is 2.98. The molecule has 0 unspecified atom stereocenters. The van der Waals surface area contributed by atoms with Gasteiger partial charge >= 0.3 is 0 Å². The largest absolute Gasteiger partial charge is 0.355 e. The maximum atomic E-state index is 12.7. The number of rotatable bonds is 4. The van der Waals surface area contributed by atoms with E-state index in [-0.39, 0.29) is 17.2 Å². The minimum absolute atomic E-state index is 0.0392. The lowest BCUT2D eigenvalue weighted by atomic mass is 9.94. The molecule has 5 nitrogen and oxygen atoms in total. The van der Waals surface area contributed by atoms with Gasteiger partial charge in [0, 0.05) is 25.6 Å². The van der Waals surface area contributed by atoms with Crippen molar-refractivity contribution in [3.8, 4) is 0 Å². The lowest BCUT2D eigenvalue weighted by Crippen LogP contribution is -2.44. The molecular weight excluding hydrogens is 324 g/mol. The molecule has 0 radical (unpaired) electrons. The van der Waals surface area contributed by atoms with Gasteiger partial charge < -0.3 is 5.32 Å².